The summed E-state index contributed by atoms with van der Waals surface area (Å²) in [5.41, 5.74) is 0. The van der Waals surface area contributed by atoms with E-state index in [0.717, 1.165) is 77.0 Å². The van der Waals surface area contributed by atoms with E-state index in [-0.39, 0.29) is 25.8 Å². The van der Waals surface area contributed by atoms with Crippen molar-refractivity contribution in [3.05, 3.63) is 85.1 Å². The summed E-state index contributed by atoms with van der Waals surface area (Å²) in [7, 11) is 1.65. The van der Waals surface area contributed by atoms with Gasteiger partial charge in [-0.1, -0.05) is 221 Å². The monoisotopic (exact) mass is 987 g/mol. The van der Waals surface area contributed by atoms with Crippen LogP contribution in [0.5, 0.6) is 0 Å². The fourth-order valence-corrected chi connectivity index (χ4v) is 8.35. The van der Waals surface area contributed by atoms with E-state index in [1.165, 1.54) is 135 Å². The summed E-state index contributed by atoms with van der Waals surface area (Å²) in [6.07, 6.45) is 70.7. The lowest BCUT2D eigenvalue weighted by Gasteiger charge is -2.24. The van der Waals surface area contributed by atoms with Gasteiger partial charge in [-0.05, 0) is 89.9 Å². The number of phosphoric acid groups is 1. The molecule has 0 aromatic carbocycles. The molecule has 0 spiro atoms. The van der Waals surface area contributed by atoms with Crippen LogP contribution in [-0.4, -0.2) is 75.6 Å². The first-order chi connectivity index (χ1) is 33.6. The third-order valence-corrected chi connectivity index (χ3v) is 12.9. The molecule has 0 rings (SSSR count). The smallest absolute Gasteiger partial charge is 0.457 e. The number of likely N-dealkylation sites (N-methyl/N-ethyl adjacent to an activating group) is 1. The highest BCUT2D eigenvalue weighted by Gasteiger charge is 2.26. The summed E-state index contributed by atoms with van der Waals surface area (Å²) < 4.78 is 35.2. The first-order valence-corrected chi connectivity index (χ1v) is 29.8. The highest BCUT2D eigenvalue weighted by Crippen LogP contribution is 2.43. The zero-order valence-electron chi connectivity index (χ0n) is 45.5. The molecular formula is C60H109NO7P+. The van der Waals surface area contributed by atoms with Crippen molar-refractivity contribution in [2.24, 2.45) is 0 Å². The van der Waals surface area contributed by atoms with Crippen LogP contribution in [0.15, 0.2) is 85.1 Å². The summed E-state index contributed by atoms with van der Waals surface area (Å²) in [5, 5.41) is 0. The van der Waals surface area contributed by atoms with Crippen LogP contribution in [0.1, 0.15) is 232 Å². The van der Waals surface area contributed by atoms with Gasteiger partial charge in [0.05, 0.1) is 34.4 Å². The molecule has 0 aliphatic carbocycles. The Hall–Kier alpha value is -2.32. The van der Waals surface area contributed by atoms with E-state index in [1.54, 1.807) is 0 Å². The second-order valence-corrected chi connectivity index (χ2v) is 21.4. The average Bonchev–Trinajstić information content (AvgIpc) is 3.31. The van der Waals surface area contributed by atoms with Gasteiger partial charge < -0.3 is 18.9 Å². The molecule has 0 saturated carbocycles. The minimum Gasteiger partial charge on any atom is -0.457 e. The van der Waals surface area contributed by atoms with E-state index in [2.05, 4.69) is 98.9 Å². The fraction of sp³-hybridized carbons (Fsp3) is 0.750. The lowest BCUT2D eigenvalue weighted by atomic mass is 10.0. The number of phosphoric ester groups is 1. The van der Waals surface area contributed by atoms with E-state index in [0.29, 0.717) is 24.1 Å². The van der Waals surface area contributed by atoms with Crippen LogP contribution in [0.4, 0.5) is 0 Å². The number of hydrogen-bond donors (Lipinski definition) is 1. The van der Waals surface area contributed by atoms with Gasteiger partial charge in [0.15, 0.2) is 0 Å². The number of esters is 1. The third-order valence-electron chi connectivity index (χ3n) is 11.9. The second kappa shape index (κ2) is 52.0. The highest BCUT2D eigenvalue weighted by atomic mass is 31.2. The summed E-state index contributed by atoms with van der Waals surface area (Å²) in [6.45, 7) is 5.49. The Balaban J connectivity index is 4.13. The van der Waals surface area contributed by atoms with Crippen molar-refractivity contribution in [2.75, 3.05) is 54.1 Å². The molecule has 0 aliphatic heterocycles. The van der Waals surface area contributed by atoms with Crippen LogP contribution in [0.25, 0.3) is 0 Å². The number of ether oxygens (including phenoxy) is 2. The Morgan fingerprint density at radius 2 is 0.841 bits per heavy atom. The zero-order valence-corrected chi connectivity index (χ0v) is 46.4. The van der Waals surface area contributed by atoms with Crippen LogP contribution in [0.3, 0.4) is 0 Å². The molecule has 69 heavy (non-hydrogen) atoms. The molecule has 0 aromatic heterocycles. The van der Waals surface area contributed by atoms with Gasteiger partial charge in [-0.25, -0.2) is 4.57 Å². The molecule has 0 bridgehead atoms. The van der Waals surface area contributed by atoms with Crippen molar-refractivity contribution in [1.82, 2.24) is 0 Å². The summed E-state index contributed by atoms with van der Waals surface area (Å²) in [5.74, 6) is -0.326. The molecule has 400 valence electrons. The Labute approximate surface area is 426 Å². The highest BCUT2D eigenvalue weighted by molar-refractivity contribution is 7.47. The van der Waals surface area contributed by atoms with Gasteiger partial charge >= 0.3 is 13.8 Å². The second-order valence-electron chi connectivity index (χ2n) is 19.9. The van der Waals surface area contributed by atoms with Crippen molar-refractivity contribution < 1.29 is 37.3 Å². The normalized spacial score (nSPS) is 14.1. The molecule has 8 nitrogen and oxygen atoms in total. The molecule has 0 heterocycles. The average molecular weight is 988 g/mol. The first kappa shape index (κ1) is 66.7. The lowest BCUT2D eigenvalue weighted by Crippen LogP contribution is -2.37. The number of allylic oxidation sites excluding steroid dienone is 14. The maximum Gasteiger partial charge on any atom is 0.472 e. The van der Waals surface area contributed by atoms with Crippen molar-refractivity contribution in [1.29, 1.82) is 0 Å². The Morgan fingerprint density at radius 3 is 1.26 bits per heavy atom. The van der Waals surface area contributed by atoms with Crippen LogP contribution in [-0.2, 0) is 27.9 Å². The van der Waals surface area contributed by atoms with Gasteiger partial charge in [-0.3, -0.25) is 13.8 Å². The van der Waals surface area contributed by atoms with Gasteiger partial charge in [0.2, 0.25) is 0 Å². The fourth-order valence-electron chi connectivity index (χ4n) is 7.61. The van der Waals surface area contributed by atoms with Gasteiger partial charge in [-0.15, -0.1) is 0 Å². The van der Waals surface area contributed by atoms with Gasteiger partial charge in [0.1, 0.15) is 19.3 Å². The molecular weight excluding hydrogens is 878 g/mol. The van der Waals surface area contributed by atoms with Crippen molar-refractivity contribution in [3.63, 3.8) is 0 Å². The van der Waals surface area contributed by atoms with E-state index < -0.39 is 13.9 Å². The number of quaternary nitrogens is 1. The van der Waals surface area contributed by atoms with Crippen LogP contribution in [0.2, 0.25) is 0 Å². The summed E-state index contributed by atoms with van der Waals surface area (Å²) >= 11 is 0. The summed E-state index contributed by atoms with van der Waals surface area (Å²) in [6, 6.07) is 0. The molecule has 9 heteroatoms. The molecule has 0 aromatic rings. The molecule has 2 atom stereocenters. The number of rotatable bonds is 52. The molecule has 0 saturated heterocycles. The summed E-state index contributed by atoms with van der Waals surface area (Å²) in [4.78, 5) is 23.1. The Kier molecular flexibility index (Phi) is 50.3. The lowest BCUT2D eigenvalue weighted by molar-refractivity contribution is -0.870. The number of hydrogen-bond acceptors (Lipinski definition) is 6. The largest absolute Gasteiger partial charge is 0.472 e. The Morgan fingerprint density at radius 1 is 0.464 bits per heavy atom. The molecule has 0 radical (unpaired) electrons. The zero-order chi connectivity index (χ0) is 50.5. The van der Waals surface area contributed by atoms with Crippen LogP contribution in [0, 0.1) is 0 Å². The van der Waals surface area contributed by atoms with E-state index in [1.807, 2.05) is 21.1 Å². The van der Waals surface area contributed by atoms with Gasteiger partial charge in [0.25, 0.3) is 0 Å². The van der Waals surface area contributed by atoms with E-state index in [4.69, 9.17) is 18.5 Å². The number of carbonyl (C=O) groups is 1. The van der Waals surface area contributed by atoms with Crippen LogP contribution < -0.4 is 0 Å². The molecule has 0 aliphatic rings. The predicted molar refractivity (Wildman–Crippen MR) is 298 cm³/mol. The topological polar surface area (TPSA) is 91.3 Å². The van der Waals surface area contributed by atoms with Crippen molar-refractivity contribution >= 4 is 13.8 Å². The maximum atomic E-state index is 12.8. The minimum absolute atomic E-state index is 0.0822. The van der Waals surface area contributed by atoms with Gasteiger partial charge in [-0.2, -0.15) is 0 Å². The van der Waals surface area contributed by atoms with Crippen molar-refractivity contribution in [3.8, 4) is 0 Å². The van der Waals surface area contributed by atoms with E-state index >= 15 is 0 Å². The third kappa shape index (κ3) is 56.5. The predicted octanol–water partition coefficient (Wildman–Crippen LogP) is 18.0. The number of carbonyl (C=O) groups excluding carboxylic acids is 1. The molecule has 0 amide bonds. The van der Waals surface area contributed by atoms with Gasteiger partial charge in [0, 0.05) is 13.0 Å². The quantitative estimate of drug-likeness (QED) is 0.0213. The molecule has 1 N–H and O–H groups in total. The number of nitrogens with zero attached hydrogens (tertiary/aromatic N) is 1. The van der Waals surface area contributed by atoms with Crippen LogP contribution >= 0.6 is 7.82 Å². The standard InChI is InChI=1S/C60H108NO7P/c1-6-8-10-12-14-16-18-20-22-24-26-28-30-32-34-36-38-40-42-44-46-48-50-52-55-65-57-59(58-67-69(63,64)66-56-54-61(3,4)5)68-60(62)53-51-49-47-45-43-41-39-37-35-33-31-29-27-25-23-21-19-17-15-13-11-9-7-2/h9,11,15,17-18,20-21,23-24,26-27,29,33,35,59H,6-8,10,12-14,16,19,22,25,28,30-32,34,36-58H2,1-5H3/p+1/b11-9-,17-15-,20-18-,23-21-,26-24-,29-27-,35-33-. The number of unbranched alkanes of at least 4 members (excludes halogenated alkanes) is 24. The first-order valence-electron chi connectivity index (χ1n) is 28.3. The molecule has 0 fully saturated rings. The SMILES string of the molecule is CC/C=C\C/C=C\C/C=C\C/C=C\C/C=C\CCCCCCCCCC(=O)OC(COCCCCCCCCCCCCCC/C=C\C/C=C\CCCCCCC)COP(=O)(O)OCC[N+](C)(C)C. The Bertz CT molecular complexity index is 1380. The maximum absolute atomic E-state index is 12.8. The molecule has 2 unspecified atom stereocenters. The minimum atomic E-state index is -4.29. The van der Waals surface area contributed by atoms with Crippen molar-refractivity contribution in [2.45, 2.75) is 238 Å². The van der Waals surface area contributed by atoms with E-state index in [9.17, 15) is 14.3 Å².